The Kier molecular flexibility index (Phi) is 4.18. The Bertz CT molecular complexity index is 541. The zero-order valence-corrected chi connectivity index (χ0v) is 10.8. The van der Waals surface area contributed by atoms with Gasteiger partial charge in [0.05, 0.1) is 5.56 Å². The molecule has 19 heavy (non-hydrogen) atoms. The van der Waals surface area contributed by atoms with E-state index in [1.54, 1.807) is 24.3 Å². The zero-order chi connectivity index (χ0) is 13.7. The second-order valence-electron chi connectivity index (χ2n) is 4.29. The second kappa shape index (κ2) is 6.05. The molecule has 0 atom stereocenters. The van der Waals surface area contributed by atoms with Crippen molar-refractivity contribution in [3.05, 3.63) is 65.2 Å². The summed E-state index contributed by atoms with van der Waals surface area (Å²) < 4.78 is 5.64. The second-order valence-corrected chi connectivity index (χ2v) is 4.29. The molecule has 0 aliphatic heterocycles. The predicted molar refractivity (Wildman–Crippen MR) is 73.6 cm³/mol. The molecular weight excluding hydrogens is 240 g/mol. The Morgan fingerprint density at radius 1 is 1.00 bits per heavy atom. The summed E-state index contributed by atoms with van der Waals surface area (Å²) in [6, 6.07) is 14.7. The molecule has 0 radical (unpaired) electrons. The first-order valence-electron chi connectivity index (χ1n) is 6.23. The van der Waals surface area contributed by atoms with Crippen LogP contribution in [0.2, 0.25) is 0 Å². The molecule has 0 aromatic heterocycles. The van der Waals surface area contributed by atoms with E-state index in [0.717, 1.165) is 17.7 Å². The molecule has 0 bridgehead atoms. The van der Waals surface area contributed by atoms with Crippen LogP contribution in [0.15, 0.2) is 48.5 Å². The maximum absolute atomic E-state index is 10.7. The van der Waals surface area contributed by atoms with Crippen LogP contribution < -0.4 is 4.74 Å². The number of aryl methyl sites for hydroxylation is 1. The Morgan fingerprint density at radius 2 is 1.58 bits per heavy atom. The molecule has 3 heteroatoms. The Hall–Kier alpha value is -2.29. The van der Waals surface area contributed by atoms with Gasteiger partial charge in [0.15, 0.2) is 0 Å². The van der Waals surface area contributed by atoms with Crippen LogP contribution in [-0.2, 0) is 13.0 Å². The highest BCUT2D eigenvalue weighted by Gasteiger charge is 2.02. The molecule has 0 heterocycles. The number of carboxylic acids is 1. The molecule has 0 saturated heterocycles. The fourth-order valence-electron chi connectivity index (χ4n) is 1.73. The average Bonchev–Trinajstić information content (AvgIpc) is 2.46. The van der Waals surface area contributed by atoms with E-state index in [-0.39, 0.29) is 5.56 Å². The van der Waals surface area contributed by atoms with Crippen LogP contribution in [0.3, 0.4) is 0 Å². The van der Waals surface area contributed by atoms with Gasteiger partial charge in [-0.25, -0.2) is 4.79 Å². The number of carboxylic acid groups (broad SMARTS) is 1. The summed E-state index contributed by atoms with van der Waals surface area (Å²) in [5.41, 5.74) is 2.51. The zero-order valence-electron chi connectivity index (χ0n) is 10.8. The lowest BCUT2D eigenvalue weighted by atomic mass is 10.1. The molecule has 0 saturated carbocycles. The molecule has 0 spiro atoms. The molecule has 2 aromatic carbocycles. The van der Waals surface area contributed by atoms with E-state index in [2.05, 4.69) is 6.92 Å². The van der Waals surface area contributed by atoms with Gasteiger partial charge >= 0.3 is 5.97 Å². The van der Waals surface area contributed by atoms with E-state index in [1.165, 1.54) is 5.56 Å². The standard InChI is InChI=1S/C16H16O3/c1-2-12-5-9-15(10-6-12)19-11-13-3-7-14(8-4-13)16(17)18/h3-10H,2,11H2,1H3,(H,17,18). The minimum atomic E-state index is -0.914. The lowest BCUT2D eigenvalue weighted by Crippen LogP contribution is -1.98. The third kappa shape index (κ3) is 3.58. The first-order valence-corrected chi connectivity index (χ1v) is 6.23. The molecule has 3 nitrogen and oxygen atoms in total. The fourth-order valence-corrected chi connectivity index (χ4v) is 1.73. The van der Waals surface area contributed by atoms with Gasteiger partial charge in [0.1, 0.15) is 12.4 Å². The van der Waals surface area contributed by atoms with Crippen LogP contribution in [0, 0.1) is 0 Å². The molecule has 0 aliphatic carbocycles. The lowest BCUT2D eigenvalue weighted by Gasteiger charge is -2.07. The summed E-state index contributed by atoms with van der Waals surface area (Å²) in [4.78, 5) is 10.7. The van der Waals surface area contributed by atoms with Gasteiger partial charge in [0, 0.05) is 0 Å². The number of hydrogen-bond donors (Lipinski definition) is 1. The summed E-state index contributed by atoms with van der Waals surface area (Å²) in [7, 11) is 0. The number of rotatable bonds is 5. The lowest BCUT2D eigenvalue weighted by molar-refractivity contribution is 0.0697. The van der Waals surface area contributed by atoms with Crippen LogP contribution in [0.4, 0.5) is 0 Å². The van der Waals surface area contributed by atoms with Gasteiger partial charge in [-0.3, -0.25) is 0 Å². The number of benzene rings is 2. The maximum Gasteiger partial charge on any atom is 0.335 e. The third-order valence-electron chi connectivity index (χ3n) is 2.94. The van der Waals surface area contributed by atoms with Crippen molar-refractivity contribution >= 4 is 5.97 Å². The average molecular weight is 256 g/mol. The van der Waals surface area contributed by atoms with Crippen LogP contribution in [-0.4, -0.2) is 11.1 Å². The molecule has 0 aliphatic rings. The van der Waals surface area contributed by atoms with Crippen molar-refractivity contribution in [1.29, 1.82) is 0 Å². The van der Waals surface area contributed by atoms with E-state index >= 15 is 0 Å². The van der Waals surface area contributed by atoms with E-state index in [9.17, 15) is 4.79 Å². The Labute approximate surface area is 112 Å². The molecule has 0 fully saturated rings. The molecule has 0 amide bonds. The number of carbonyl (C=O) groups is 1. The molecule has 1 N–H and O–H groups in total. The van der Waals surface area contributed by atoms with Gasteiger partial charge in [-0.15, -0.1) is 0 Å². The summed E-state index contributed by atoms with van der Waals surface area (Å²) in [6.45, 7) is 2.55. The topological polar surface area (TPSA) is 46.5 Å². The minimum Gasteiger partial charge on any atom is -0.489 e. The van der Waals surface area contributed by atoms with E-state index < -0.39 is 5.97 Å². The molecule has 0 unspecified atom stereocenters. The van der Waals surface area contributed by atoms with Crippen molar-refractivity contribution in [2.45, 2.75) is 20.0 Å². The predicted octanol–water partition coefficient (Wildman–Crippen LogP) is 3.53. The van der Waals surface area contributed by atoms with Crippen molar-refractivity contribution in [3.63, 3.8) is 0 Å². The van der Waals surface area contributed by atoms with Gasteiger partial charge in [-0.05, 0) is 41.8 Å². The smallest absolute Gasteiger partial charge is 0.335 e. The van der Waals surface area contributed by atoms with E-state index in [1.807, 2.05) is 24.3 Å². The highest BCUT2D eigenvalue weighted by atomic mass is 16.5. The van der Waals surface area contributed by atoms with Crippen molar-refractivity contribution in [1.82, 2.24) is 0 Å². The van der Waals surface area contributed by atoms with Crippen LogP contribution in [0.5, 0.6) is 5.75 Å². The first kappa shape index (κ1) is 13.1. The highest BCUT2D eigenvalue weighted by Crippen LogP contribution is 2.15. The van der Waals surface area contributed by atoms with Crippen LogP contribution >= 0.6 is 0 Å². The van der Waals surface area contributed by atoms with Crippen molar-refractivity contribution in [2.24, 2.45) is 0 Å². The van der Waals surface area contributed by atoms with Gasteiger partial charge in [0.25, 0.3) is 0 Å². The van der Waals surface area contributed by atoms with Crippen molar-refractivity contribution in [2.75, 3.05) is 0 Å². The maximum atomic E-state index is 10.7. The minimum absolute atomic E-state index is 0.288. The quantitative estimate of drug-likeness (QED) is 0.890. The Morgan fingerprint density at radius 3 is 2.11 bits per heavy atom. The Balaban J connectivity index is 1.95. The summed E-state index contributed by atoms with van der Waals surface area (Å²) in [6.07, 6.45) is 1.01. The van der Waals surface area contributed by atoms with Gasteiger partial charge < -0.3 is 9.84 Å². The van der Waals surface area contributed by atoms with Gasteiger partial charge in [0.2, 0.25) is 0 Å². The molecule has 2 rings (SSSR count). The summed E-state index contributed by atoms with van der Waals surface area (Å²) in [5.74, 6) is -0.0952. The van der Waals surface area contributed by atoms with Gasteiger partial charge in [-0.2, -0.15) is 0 Å². The monoisotopic (exact) mass is 256 g/mol. The number of aromatic carboxylic acids is 1. The van der Waals surface area contributed by atoms with E-state index in [0.29, 0.717) is 6.61 Å². The number of hydrogen-bond acceptors (Lipinski definition) is 2. The largest absolute Gasteiger partial charge is 0.489 e. The number of ether oxygens (including phenoxy) is 1. The fraction of sp³-hybridized carbons (Fsp3) is 0.188. The molecular formula is C16H16O3. The summed E-state index contributed by atoms with van der Waals surface area (Å²) in [5, 5.41) is 8.80. The van der Waals surface area contributed by atoms with Gasteiger partial charge in [-0.1, -0.05) is 31.2 Å². The SMILES string of the molecule is CCc1ccc(OCc2ccc(C(=O)O)cc2)cc1. The van der Waals surface area contributed by atoms with Crippen molar-refractivity contribution < 1.29 is 14.6 Å². The molecule has 98 valence electrons. The summed E-state index contributed by atoms with van der Waals surface area (Å²) >= 11 is 0. The van der Waals surface area contributed by atoms with Crippen LogP contribution in [0.25, 0.3) is 0 Å². The van der Waals surface area contributed by atoms with Crippen molar-refractivity contribution in [3.8, 4) is 5.75 Å². The molecule has 2 aromatic rings. The van der Waals surface area contributed by atoms with E-state index in [4.69, 9.17) is 9.84 Å². The first-order chi connectivity index (χ1) is 9.19. The van der Waals surface area contributed by atoms with Crippen LogP contribution in [0.1, 0.15) is 28.4 Å². The third-order valence-corrected chi connectivity index (χ3v) is 2.94. The normalized spacial score (nSPS) is 10.2. The highest BCUT2D eigenvalue weighted by molar-refractivity contribution is 5.87.